The summed E-state index contributed by atoms with van der Waals surface area (Å²) in [4.78, 5) is 16.7. The highest BCUT2D eigenvalue weighted by Gasteiger charge is 2.18. The Morgan fingerprint density at radius 1 is 1.07 bits per heavy atom. The Morgan fingerprint density at radius 3 is 2.55 bits per heavy atom. The normalized spacial score (nSPS) is 15.3. The largest absolute Gasteiger partial charge is 0.388 e. The molecule has 0 radical (unpaired) electrons. The molecular weight excluding hydrogens is 378 g/mol. The van der Waals surface area contributed by atoms with E-state index in [4.69, 9.17) is 0 Å². The number of nitrogens with one attached hydrogen (secondary N) is 1. The van der Waals surface area contributed by atoms with E-state index in [1.54, 1.807) is 11.3 Å². The van der Waals surface area contributed by atoms with Gasteiger partial charge in [-0.25, -0.2) is 4.79 Å². The molecule has 1 aromatic heterocycles. The highest BCUT2D eigenvalue weighted by atomic mass is 32.1. The second-order valence-electron chi connectivity index (χ2n) is 7.54. The molecule has 5 heteroatoms. The third kappa shape index (κ3) is 4.77. The maximum atomic E-state index is 11.7. The molecule has 0 saturated carbocycles. The lowest BCUT2D eigenvalue weighted by molar-refractivity contribution is 0.129. The van der Waals surface area contributed by atoms with E-state index in [-0.39, 0.29) is 0 Å². The molecule has 4 nitrogen and oxygen atoms in total. The quantitative estimate of drug-likeness (QED) is 0.592. The van der Waals surface area contributed by atoms with E-state index in [0.717, 1.165) is 67.9 Å². The molecule has 0 amide bonds. The number of rotatable bonds is 7. The van der Waals surface area contributed by atoms with E-state index in [2.05, 4.69) is 75.0 Å². The molecule has 2 heterocycles. The minimum Gasteiger partial charge on any atom is -0.388 e. The second kappa shape index (κ2) is 9.38. The molecule has 1 saturated heterocycles. The highest BCUT2D eigenvalue weighted by molar-refractivity contribution is 7.17. The van der Waals surface area contributed by atoms with E-state index in [1.807, 2.05) is 7.05 Å². The summed E-state index contributed by atoms with van der Waals surface area (Å²) >= 11 is 1.69. The molecule has 0 unspecified atom stereocenters. The van der Waals surface area contributed by atoms with Crippen molar-refractivity contribution >= 4 is 38.6 Å². The molecule has 0 aliphatic carbocycles. The summed E-state index contributed by atoms with van der Waals surface area (Å²) < 4.78 is 1.20. The Balaban J connectivity index is 1.32. The molecule has 3 aromatic rings. The first-order valence-corrected chi connectivity index (χ1v) is 11.1. The zero-order chi connectivity index (χ0) is 20.1. The van der Waals surface area contributed by atoms with Crippen molar-refractivity contribution in [2.75, 3.05) is 45.1 Å². The first-order valence-electron chi connectivity index (χ1n) is 10.2. The first kappa shape index (κ1) is 19.9. The summed E-state index contributed by atoms with van der Waals surface area (Å²) in [5.74, 6) is 2.23. The molecule has 0 atom stereocenters. The van der Waals surface area contributed by atoms with E-state index in [0.29, 0.717) is 0 Å². The summed E-state index contributed by atoms with van der Waals surface area (Å²) in [5.41, 5.74) is 4.30. The van der Waals surface area contributed by atoms with Gasteiger partial charge < -0.3 is 10.2 Å². The zero-order valence-corrected chi connectivity index (χ0v) is 17.7. The van der Waals surface area contributed by atoms with Crippen LogP contribution in [0.25, 0.3) is 15.7 Å². The molecule has 29 heavy (non-hydrogen) atoms. The van der Waals surface area contributed by atoms with Crippen LogP contribution >= 0.6 is 11.3 Å². The Bertz CT molecular complexity index is 999. The minimum atomic E-state index is 0.752. The molecule has 1 aliphatic heterocycles. The summed E-state index contributed by atoms with van der Waals surface area (Å²) in [6.07, 6.45) is 0.752. The van der Waals surface area contributed by atoms with Gasteiger partial charge in [0.25, 0.3) is 0 Å². The van der Waals surface area contributed by atoms with E-state index >= 15 is 0 Å². The Hall–Kier alpha value is -2.43. The maximum absolute atomic E-state index is 11.7. The zero-order valence-electron chi connectivity index (χ0n) is 16.9. The van der Waals surface area contributed by atoms with Gasteiger partial charge in [-0.15, -0.1) is 11.3 Å². The Morgan fingerprint density at radius 2 is 1.83 bits per heavy atom. The van der Waals surface area contributed by atoms with Gasteiger partial charge in [0.1, 0.15) is 5.94 Å². The summed E-state index contributed by atoms with van der Waals surface area (Å²) in [5, 5.41) is 6.42. The van der Waals surface area contributed by atoms with E-state index < -0.39 is 0 Å². The molecule has 4 rings (SSSR count). The van der Waals surface area contributed by atoms with Crippen molar-refractivity contribution in [1.29, 1.82) is 0 Å². The fourth-order valence-electron chi connectivity index (χ4n) is 3.94. The standard InChI is InChI=1S/C24H27N3OS/c1-25-21-7-8-22-23(18-29-24(22)15-21)20(17-28)9-10-26-11-13-27(14-12-26)16-19-5-3-2-4-6-19/h2-8,15,18,25H,9-14,16H2,1H3. The monoisotopic (exact) mass is 405 g/mol. The number of piperazine rings is 1. The van der Waals surface area contributed by atoms with Crippen LogP contribution in [-0.2, 0) is 11.3 Å². The van der Waals surface area contributed by atoms with Crippen molar-refractivity contribution in [3.8, 4) is 0 Å². The van der Waals surface area contributed by atoms with Crippen molar-refractivity contribution in [3.63, 3.8) is 0 Å². The number of carbonyl (C=O) groups excluding carboxylic acids is 1. The number of hydrogen-bond donors (Lipinski definition) is 1. The molecule has 0 spiro atoms. The van der Waals surface area contributed by atoms with Crippen molar-refractivity contribution in [2.45, 2.75) is 13.0 Å². The second-order valence-corrected chi connectivity index (χ2v) is 8.46. The van der Waals surface area contributed by atoms with Gasteiger partial charge in [-0.3, -0.25) is 4.90 Å². The third-order valence-corrected chi connectivity index (χ3v) is 6.65. The van der Waals surface area contributed by atoms with Gasteiger partial charge in [0, 0.05) is 78.6 Å². The maximum Gasteiger partial charge on any atom is 0.128 e. The summed E-state index contributed by atoms with van der Waals surface area (Å²) in [7, 11) is 1.92. The molecule has 150 valence electrons. The Kier molecular flexibility index (Phi) is 6.43. The van der Waals surface area contributed by atoms with Crippen LogP contribution < -0.4 is 5.32 Å². The van der Waals surface area contributed by atoms with E-state index in [1.165, 1.54) is 10.3 Å². The van der Waals surface area contributed by atoms with Crippen LogP contribution in [0, 0.1) is 0 Å². The number of thiophene rings is 1. The predicted octanol–water partition coefficient (Wildman–Crippen LogP) is 4.37. The van der Waals surface area contributed by atoms with Crippen LogP contribution in [0.4, 0.5) is 5.69 Å². The van der Waals surface area contributed by atoms with Crippen LogP contribution in [0.2, 0.25) is 0 Å². The van der Waals surface area contributed by atoms with Gasteiger partial charge in [-0.2, -0.15) is 0 Å². The van der Waals surface area contributed by atoms with Crippen LogP contribution in [0.1, 0.15) is 17.5 Å². The van der Waals surface area contributed by atoms with Crippen LogP contribution in [0.5, 0.6) is 0 Å². The fraction of sp³-hybridized carbons (Fsp3) is 0.333. The third-order valence-electron chi connectivity index (χ3n) is 5.70. The molecule has 0 bridgehead atoms. The summed E-state index contributed by atoms with van der Waals surface area (Å²) in [6, 6.07) is 17.0. The van der Waals surface area contributed by atoms with Crippen LogP contribution in [-0.4, -0.2) is 55.5 Å². The molecule has 1 N–H and O–H groups in total. The van der Waals surface area contributed by atoms with Gasteiger partial charge in [0.2, 0.25) is 0 Å². The minimum absolute atomic E-state index is 0.752. The van der Waals surface area contributed by atoms with Crippen LogP contribution in [0.3, 0.4) is 0 Å². The van der Waals surface area contributed by atoms with Gasteiger partial charge in [-0.05, 0) is 24.1 Å². The summed E-state index contributed by atoms with van der Waals surface area (Å²) in [6.45, 7) is 6.18. The van der Waals surface area contributed by atoms with Gasteiger partial charge in [-0.1, -0.05) is 36.4 Å². The van der Waals surface area contributed by atoms with Crippen LogP contribution in [0.15, 0.2) is 53.9 Å². The van der Waals surface area contributed by atoms with Gasteiger partial charge in [0.05, 0.1) is 0 Å². The Labute approximate surface area is 176 Å². The molecular formula is C24H27N3OS. The first-order chi connectivity index (χ1) is 14.3. The number of fused-ring (bicyclic) bond motifs is 1. The van der Waals surface area contributed by atoms with Crippen molar-refractivity contribution in [2.24, 2.45) is 0 Å². The number of hydrogen-bond acceptors (Lipinski definition) is 5. The SMILES string of the molecule is CNc1ccc2c(C(=C=O)CCN3CCN(Cc4ccccc4)CC3)csc2c1. The average molecular weight is 406 g/mol. The topological polar surface area (TPSA) is 35.6 Å². The molecule has 1 aliphatic rings. The lowest BCUT2D eigenvalue weighted by Crippen LogP contribution is -2.46. The highest BCUT2D eigenvalue weighted by Crippen LogP contribution is 2.33. The van der Waals surface area contributed by atoms with Gasteiger partial charge >= 0.3 is 0 Å². The fourth-order valence-corrected chi connectivity index (χ4v) is 4.95. The van der Waals surface area contributed by atoms with Crippen molar-refractivity contribution in [1.82, 2.24) is 9.80 Å². The smallest absolute Gasteiger partial charge is 0.128 e. The number of anilines is 1. The predicted molar refractivity (Wildman–Crippen MR) is 123 cm³/mol. The lowest BCUT2D eigenvalue weighted by Gasteiger charge is -2.34. The van der Waals surface area contributed by atoms with Crippen molar-refractivity contribution < 1.29 is 4.79 Å². The van der Waals surface area contributed by atoms with E-state index in [9.17, 15) is 4.79 Å². The van der Waals surface area contributed by atoms with Crippen molar-refractivity contribution in [3.05, 3.63) is 65.0 Å². The lowest BCUT2D eigenvalue weighted by atomic mass is 10.0. The molecule has 1 fully saturated rings. The number of benzene rings is 2. The number of nitrogens with zero attached hydrogens (tertiary/aromatic N) is 2. The van der Waals surface area contributed by atoms with Gasteiger partial charge in [0.15, 0.2) is 0 Å². The average Bonchev–Trinajstić information content (AvgIpc) is 3.19. The molecule has 2 aromatic carbocycles.